The van der Waals surface area contributed by atoms with E-state index in [0.29, 0.717) is 41.7 Å². The first-order chi connectivity index (χ1) is 14.5. The highest BCUT2D eigenvalue weighted by Crippen LogP contribution is 2.33. The van der Waals surface area contributed by atoms with Crippen molar-refractivity contribution in [3.05, 3.63) is 64.8 Å². The van der Waals surface area contributed by atoms with Gasteiger partial charge in [0, 0.05) is 24.8 Å². The third kappa shape index (κ3) is 3.92. The summed E-state index contributed by atoms with van der Waals surface area (Å²) >= 11 is 0. The zero-order chi connectivity index (χ0) is 21.7. The van der Waals surface area contributed by atoms with Crippen LogP contribution in [0, 0.1) is 0 Å². The van der Waals surface area contributed by atoms with Crippen LogP contribution < -0.4 is 10.3 Å². The maximum Gasteiger partial charge on any atom is 0.234 e. The number of imide groups is 1. The molecule has 0 aliphatic heterocycles. The van der Waals surface area contributed by atoms with E-state index in [1.165, 1.54) is 4.90 Å². The summed E-state index contributed by atoms with van der Waals surface area (Å²) < 4.78 is 1.92. The first-order valence-corrected chi connectivity index (χ1v) is 10.6. The van der Waals surface area contributed by atoms with E-state index in [4.69, 9.17) is 0 Å². The maximum absolute atomic E-state index is 13.6. The molecule has 30 heavy (non-hydrogen) atoms. The van der Waals surface area contributed by atoms with Crippen molar-refractivity contribution in [2.24, 2.45) is 0 Å². The number of benzene rings is 2. The van der Waals surface area contributed by atoms with Gasteiger partial charge in [-0.1, -0.05) is 56.3 Å². The standard InChI is InChI=1S/C25H28N2O3/c1-4-12-21(28)27(22(29)13-5-2)25-23(18-14-8-7-9-15-18)24(30)19-16-10-11-17-20(19)26(25)6-3/h7-11,14-17H,4-6,12-13H2,1-3H3. The maximum atomic E-state index is 13.6. The zero-order valence-electron chi connectivity index (χ0n) is 17.9. The van der Waals surface area contributed by atoms with E-state index in [-0.39, 0.29) is 30.1 Å². The number of pyridine rings is 1. The lowest BCUT2D eigenvalue weighted by atomic mass is 10.0. The number of anilines is 1. The molecule has 3 rings (SSSR count). The number of carbonyl (C=O) groups excluding carboxylic acids is 2. The van der Waals surface area contributed by atoms with Crippen molar-refractivity contribution >= 4 is 28.5 Å². The molecule has 0 spiro atoms. The van der Waals surface area contributed by atoms with E-state index in [1.54, 1.807) is 6.07 Å². The van der Waals surface area contributed by atoms with Gasteiger partial charge in [-0.15, -0.1) is 0 Å². The Bertz CT molecular complexity index is 1100. The van der Waals surface area contributed by atoms with Crippen LogP contribution in [0.5, 0.6) is 0 Å². The lowest BCUT2D eigenvalue weighted by Gasteiger charge is -2.28. The van der Waals surface area contributed by atoms with E-state index in [9.17, 15) is 14.4 Å². The average molecular weight is 405 g/mol. The molecule has 0 saturated heterocycles. The molecule has 0 bridgehead atoms. The molecule has 3 aromatic rings. The largest absolute Gasteiger partial charge is 0.326 e. The summed E-state index contributed by atoms with van der Waals surface area (Å²) in [6, 6.07) is 16.7. The van der Waals surface area contributed by atoms with Crippen LogP contribution in [0.3, 0.4) is 0 Å². The lowest BCUT2D eigenvalue weighted by molar-refractivity contribution is -0.126. The summed E-state index contributed by atoms with van der Waals surface area (Å²) in [7, 11) is 0. The monoisotopic (exact) mass is 404 g/mol. The van der Waals surface area contributed by atoms with Gasteiger partial charge in [0.2, 0.25) is 11.8 Å². The molecule has 0 fully saturated rings. The number of hydrogen-bond acceptors (Lipinski definition) is 3. The Labute approximate surface area is 176 Å². The van der Waals surface area contributed by atoms with E-state index in [0.717, 1.165) is 5.52 Å². The normalized spacial score (nSPS) is 10.9. The number of rotatable bonds is 7. The zero-order valence-corrected chi connectivity index (χ0v) is 17.9. The third-order valence-electron chi connectivity index (χ3n) is 5.16. The first kappa shape index (κ1) is 21.5. The van der Waals surface area contributed by atoms with Crippen LogP contribution >= 0.6 is 0 Å². The lowest BCUT2D eigenvalue weighted by Crippen LogP contribution is -2.40. The molecule has 5 heteroatoms. The number of aryl methyl sites for hydroxylation is 1. The van der Waals surface area contributed by atoms with E-state index in [2.05, 4.69) is 0 Å². The number of carbonyl (C=O) groups is 2. The van der Waals surface area contributed by atoms with Crippen molar-refractivity contribution in [3.63, 3.8) is 0 Å². The molecule has 2 amide bonds. The van der Waals surface area contributed by atoms with Gasteiger partial charge in [0.25, 0.3) is 0 Å². The fourth-order valence-corrected chi connectivity index (χ4v) is 3.83. The minimum Gasteiger partial charge on any atom is -0.326 e. The van der Waals surface area contributed by atoms with Crippen molar-refractivity contribution in [1.82, 2.24) is 4.57 Å². The Hall–Kier alpha value is -3.21. The molecule has 1 heterocycles. The third-order valence-corrected chi connectivity index (χ3v) is 5.16. The van der Waals surface area contributed by atoms with Crippen LogP contribution in [-0.2, 0) is 16.1 Å². The van der Waals surface area contributed by atoms with Crippen LogP contribution in [0.1, 0.15) is 46.5 Å². The van der Waals surface area contributed by atoms with Gasteiger partial charge in [0.05, 0.1) is 11.1 Å². The van der Waals surface area contributed by atoms with Crippen molar-refractivity contribution in [1.29, 1.82) is 0 Å². The van der Waals surface area contributed by atoms with Crippen LogP contribution in [0.15, 0.2) is 59.4 Å². The van der Waals surface area contributed by atoms with Crippen LogP contribution in [0.4, 0.5) is 5.82 Å². The van der Waals surface area contributed by atoms with Crippen LogP contribution in [0.2, 0.25) is 0 Å². The topological polar surface area (TPSA) is 59.4 Å². The summed E-state index contributed by atoms with van der Waals surface area (Å²) in [5.41, 5.74) is 1.64. The van der Waals surface area contributed by atoms with Gasteiger partial charge in [-0.25, -0.2) is 4.90 Å². The smallest absolute Gasteiger partial charge is 0.234 e. The second-order valence-corrected chi connectivity index (χ2v) is 7.28. The SMILES string of the molecule is CCCC(=O)N(C(=O)CCC)c1c(-c2ccccc2)c(=O)c2ccccc2n1CC. The van der Waals surface area contributed by atoms with E-state index >= 15 is 0 Å². The molecule has 0 aliphatic carbocycles. The highest BCUT2D eigenvalue weighted by Gasteiger charge is 2.30. The highest BCUT2D eigenvalue weighted by molar-refractivity contribution is 6.16. The Morgan fingerprint density at radius 3 is 1.97 bits per heavy atom. The van der Waals surface area contributed by atoms with Gasteiger partial charge in [-0.3, -0.25) is 14.4 Å². The molecular weight excluding hydrogens is 376 g/mol. The number of amides is 2. The number of fused-ring (bicyclic) bond motifs is 1. The Balaban J connectivity index is 2.47. The summed E-state index contributed by atoms with van der Waals surface area (Å²) in [4.78, 5) is 41.2. The molecule has 156 valence electrons. The highest BCUT2D eigenvalue weighted by atomic mass is 16.2. The second-order valence-electron chi connectivity index (χ2n) is 7.28. The van der Waals surface area contributed by atoms with E-state index < -0.39 is 0 Å². The predicted octanol–water partition coefficient (Wildman–Crippen LogP) is 5.15. The summed E-state index contributed by atoms with van der Waals surface area (Å²) in [5.74, 6) is -0.167. The number of hydrogen-bond donors (Lipinski definition) is 0. The van der Waals surface area contributed by atoms with Crippen molar-refractivity contribution in [2.75, 3.05) is 4.90 Å². The van der Waals surface area contributed by atoms with Gasteiger partial charge in [0.15, 0.2) is 5.43 Å². The van der Waals surface area contributed by atoms with Gasteiger partial charge < -0.3 is 4.57 Å². The summed E-state index contributed by atoms with van der Waals surface area (Å²) in [6.45, 7) is 6.30. The molecule has 1 aromatic heterocycles. The van der Waals surface area contributed by atoms with Gasteiger partial charge in [0.1, 0.15) is 5.82 Å². The quantitative estimate of drug-likeness (QED) is 0.547. The molecule has 0 unspecified atom stereocenters. The average Bonchev–Trinajstić information content (AvgIpc) is 2.75. The minimum absolute atomic E-state index is 0.171. The van der Waals surface area contributed by atoms with Crippen molar-refractivity contribution in [3.8, 4) is 11.1 Å². The van der Waals surface area contributed by atoms with Gasteiger partial charge >= 0.3 is 0 Å². The fraction of sp³-hybridized carbons (Fsp3) is 0.320. The number of nitrogens with zero attached hydrogens (tertiary/aromatic N) is 2. The van der Waals surface area contributed by atoms with Gasteiger partial charge in [-0.2, -0.15) is 0 Å². The second kappa shape index (κ2) is 9.53. The predicted molar refractivity (Wildman–Crippen MR) is 122 cm³/mol. The summed E-state index contributed by atoms with van der Waals surface area (Å²) in [5, 5.41) is 0.577. The van der Waals surface area contributed by atoms with Crippen molar-refractivity contribution < 1.29 is 9.59 Å². The Morgan fingerprint density at radius 1 is 0.833 bits per heavy atom. The van der Waals surface area contributed by atoms with Crippen LogP contribution in [0.25, 0.3) is 22.0 Å². The minimum atomic E-state index is -0.273. The van der Waals surface area contributed by atoms with Crippen LogP contribution in [-0.4, -0.2) is 16.4 Å². The number of aromatic nitrogens is 1. The molecule has 0 aliphatic rings. The molecule has 0 atom stereocenters. The van der Waals surface area contributed by atoms with E-state index in [1.807, 2.05) is 73.9 Å². The molecule has 0 radical (unpaired) electrons. The van der Waals surface area contributed by atoms with Crippen molar-refractivity contribution in [2.45, 2.75) is 53.0 Å². The molecule has 2 aromatic carbocycles. The fourth-order valence-electron chi connectivity index (χ4n) is 3.83. The Kier molecular flexibility index (Phi) is 6.83. The Morgan fingerprint density at radius 2 is 1.40 bits per heavy atom. The molecule has 0 N–H and O–H groups in total. The molecular formula is C25H28N2O3. The first-order valence-electron chi connectivity index (χ1n) is 10.6. The van der Waals surface area contributed by atoms with Gasteiger partial charge in [-0.05, 0) is 37.5 Å². The molecule has 5 nitrogen and oxygen atoms in total. The summed E-state index contributed by atoms with van der Waals surface area (Å²) in [6.07, 6.45) is 1.74. The number of para-hydroxylation sites is 1. The molecule has 0 saturated carbocycles.